The average molecular weight is 191 g/mol. The molecule has 0 aliphatic heterocycles. The van der Waals surface area contributed by atoms with Crippen LogP contribution in [0.25, 0.3) is 0 Å². The van der Waals surface area contributed by atoms with Gasteiger partial charge in [0, 0.05) is 6.42 Å². The van der Waals surface area contributed by atoms with Crippen LogP contribution in [0.4, 0.5) is 0 Å². The predicted molar refractivity (Wildman–Crippen MR) is 58.4 cm³/mol. The molecule has 0 aromatic heterocycles. The van der Waals surface area contributed by atoms with E-state index in [0.717, 1.165) is 5.56 Å². The highest BCUT2D eigenvalue weighted by Crippen LogP contribution is 2.05. The fourth-order valence-corrected chi connectivity index (χ4v) is 1.46. The topological polar surface area (TPSA) is 20.3 Å². The van der Waals surface area contributed by atoms with Crippen LogP contribution in [-0.4, -0.2) is 31.3 Å². The van der Waals surface area contributed by atoms with Gasteiger partial charge in [-0.1, -0.05) is 29.8 Å². The van der Waals surface area contributed by atoms with Crippen LogP contribution in [0.1, 0.15) is 11.1 Å². The van der Waals surface area contributed by atoms with Crippen molar-refractivity contribution in [1.82, 2.24) is 4.90 Å². The molecule has 0 spiro atoms. The molecule has 0 aliphatic rings. The van der Waals surface area contributed by atoms with Gasteiger partial charge in [-0.3, -0.25) is 4.79 Å². The van der Waals surface area contributed by atoms with Crippen LogP contribution < -0.4 is 0 Å². The molecule has 0 atom stereocenters. The molecular formula is C12H17NO. The molecule has 0 unspecified atom stereocenters. The van der Waals surface area contributed by atoms with Gasteiger partial charge in [0.05, 0.1) is 6.54 Å². The molecule has 0 saturated heterocycles. The molecule has 0 heterocycles. The standard InChI is InChI=1S/C12H17NO/c1-10-5-4-6-11(7-10)8-12(14)9-13(2)3/h4-7H,8-9H2,1-3H3. The van der Waals surface area contributed by atoms with Crippen LogP contribution in [0.15, 0.2) is 24.3 Å². The van der Waals surface area contributed by atoms with Crippen LogP contribution in [-0.2, 0) is 11.2 Å². The van der Waals surface area contributed by atoms with Crippen LogP contribution in [0, 0.1) is 6.92 Å². The summed E-state index contributed by atoms with van der Waals surface area (Å²) in [5.41, 5.74) is 2.32. The fraction of sp³-hybridized carbons (Fsp3) is 0.417. The summed E-state index contributed by atoms with van der Waals surface area (Å²) in [5.74, 6) is 0.264. The van der Waals surface area contributed by atoms with E-state index in [1.54, 1.807) is 0 Å². The van der Waals surface area contributed by atoms with Crippen molar-refractivity contribution in [2.75, 3.05) is 20.6 Å². The summed E-state index contributed by atoms with van der Waals surface area (Å²) in [7, 11) is 3.82. The molecule has 2 heteroatoms. The third kappa shape index (κ3) is 3.71. The molecule has 0 saturated carbocycles. The molecule has 1 aromatic carbocycles. The van der Waals surface area contributed by atoms with E-state index in [4.69, 9.17) is 0 Å². The van der Waals surface area contributed by atoms with Crippen molar-refractivity contribution in [3.05, 3.63) is 35.4 Å². The summed E-state index contributed by atoms with van der Waals surface area (Å²) in [6.45, 7) is 2.56. The highest BCUT2D eigenvalue weighted by Gasteiger charge is 2.04. The third-order valence-electron chi connectivity index (χ3n) is 1.98. The minimum Gasteiger partial charge on any atom is -0.302 e. The normalized spacial score (nSPS) is 10.6. The lowest BCUT2D eigenvalue weighted by atomic mass is 10.1. The van der Waals surface area contributed by atoms with Gasteiger partial charge in [-0.25, -0.2) is 0 Å². The number of hydrogen-bond acceptors (Lipinski definition) is 2. The average Bonchev–Trinajstić information content (AvgIpc) is 2.01. The van der Waals surface area contributed by atoms with E-state index in [0.29, 0.717) is 13.0 Å². The number of rotatable bonds is 4. The van der Waals surface area contributed by atoms with Crippen molar-refractivity contribution >= 4 is 5.78 Å². The Balaban J connectivity index is 2.56. The van der Waals surface area contributed by atoms with E-state index in [9.17, 15) is 4.79 Å². The van der Waals surface area contributed by atoms with Crippen molar-refractivity contribution in [2.24, 2.45) is 0 Å². The van der Waals surface area contributed by atoms with Gasteiger partial charge in [-0.2, -0.15) is 0 Å². The first-order chi connectivity index (χ1) is 6.58. The number of carbonyl (C=O) groups is 1. The summed E-state index contributed by atoms with van der Waals surface area (Å²) < 4.78 is 0. The second kappa shape index (κ2) is 4.91. The largest absolute Gasteiger partial charge is 0.302 e. The van der Waals surface area contributed by atoms with E-state index < -0.39 is 0 Å². The maximum Gasteiger partial charge on any atom is 0.151 e. The van der Waals surface area contributed by atoms with Crippen molar-refractivity contribution in [2.45, 2.75) is 13.3 Å². The van der Waals surface area contributed by atoms with Gasteiger partial charge in [0.15, 0.2) is 5.78 Å². The number of nitrogens with zero attached hydrogens (tertiary/aromatic N) is 1. The molecule has 0 N–H and O–H groups in total. The van der Waals surface area contributed by atoms with Crippen molar-refractivity contribution in [3.63, 3.8) is 0 Å². The lowest BCUT2D eigenvalue weighted by molar-refractivity contribution is -0.119. The SMILES string of the molecule is Cc1cccc(CC(=O)CN(C)C)c1. The molecule has 0 radical (unpaired) electrons. The Kier molecular flexibility index (Phi) is 3.84. The molecule has 76 valence electrons. The molecule has 2 nitrogen and oxygen atoms in total. The van der Waals surface area contributed by atoms with E-state index in [2.05, 4.69) is 6.07 Å². The van der Waals surface area contributed by atoms with Gasteiger partial charge in [0.2, 0.25) is 0 Å². The highest BCUT2D eigenvalue weighted by atomic mass is 16.1. The van der Waals surface area contributed by atoms with Crippen LogP contribution >= 0.6 is 0 Å². The molecule has 0 amide bonds. The van der Waals surface area contributed by atoms with Crippen molar-refractivity contribution < 1.29 is 4.79 Å². The summed E-state index contributed by atoms with van der Waals surface area (Å²) in [5, 5.41) is 0. The molecule has 0 bridgehead atoms. The Morgan fingerprint density at radius 1 is 1.36 bits per heavy atom. The maximum atomic E-state index is 11.5. The summed E-state index contributed by atoms with van der Waals surface area (Å²) in [6.07, 6.45) is 0.542. The van der Waals surface area contributed by atoms with Gasteiger partial charge in [-0.05, 0) is 26.6 Å². The number of Topliss-reactive ketones (excluding diaryl/α,β-unsaturated/α-hetero) is 1. The Bertz CT molecular complexity index is 318. The lowest BCUT2D eigenvalue weighted by Gasteiger charge is -2.08. The number of hydrogen-bond donors (Lipinski definition) is 0. The zero-order chi connectivity index (χ0) is 10.6. The zero-order valence-electron chi connectivity index (χ0n) is 9.08. The lowest BCUT2D eigenvalue weighted by Crippen LogP contribution is -2.22. The first kappa shape index (κ1) is 10.9. The highest BCUT2D eigenvalue weighted by molar-refractivity contribution is 5.82. The second-order valence-electron chi connectivity index (χ2n) is 3.94. The maximum absolute atomic E-state index is 11.5. The Labute approximate surface area is 85.5 Å². The Morgan fingerprint density at radius 2 is 2.07 bits per heavy atom. The minimum absolute atomic E-state index is 0.264. The Hall–Kier alpha value is -1.15. The van der Waals surface area contributed by atoms with E-state index in [1.807, 2.05) is 44.1 Å². The molecule has 0 aliphatic carbocycles. The first-order valence-corrected chi connectivity index (χ1v) is 4.80. The number of likely N-dealkylation sites (N-methyl/N-ethyl adjacent to an activating group) is 1. The zero-order valence-corrected chi connectivity index (χ0v) is 9.08. The smallest absolute Gasteiger partial charge is 0.151 e. The summed E-state index contributed by atoms with van der Waals surface area (Å²) in [6, 6.07) is 8.10. The van der Waals surface area contributed by atoms with E-state index in [-0.39, 0.29) is 5.78 Å². The monoisotopic (exact) mass is 191 g/mol. The fourth-order valence-electron chi connectivity index (χ4n) is 1.46. The van der Waals surface area contributed by atoms with Gasteiger partial charge in [0.25, 0.3) is 0 Å². The van der Waals surface area contributed by atoms with E-state index in [1.165, 1.54) is 5.56 Å². The quantitative estimate of drug-likeness (QED) is 0.721. The van der Waals surface area contributed by atoms with Gasteiger partial charge >= 0.3 is 0 Å². The number of aryl methyl sites for hydroxylation is 1. The van der Waals surface area contributed by atoms with Crippen molar-refractivity contribution in [3.8, 4) is 0 Å². The Morgan fingerprint density at radius 3 is 2.64 bits per heavy atom. The molecule has 1 rings (SSSR count). The van der Waals surface area contributed by atoms with E-state index >= 15 is 0 Å². The van der Waals surface area contributed by atoms with Crippen LogP contribution in [0.3, 0.4) is 0 Å². The van der Waals surface area contributed by atoms with Gasteiger partial charge in [0.1, 0.15) is 0 Å². The third-order valence-corrected chi connectivity index (χ3v) is 1.98. The second-order valence-corrected chi connectivity index (χ2v) is 3.94. The number of ketones is 1. The summed E-state index contributed by atoms with van der Waals surface area (Å²) in [4.78, 5) is 13.4. The number of carbonyl (C=O) groups excluding carboxylic acids is 1. The molecule has 1 aromatic rings. The molecule has 14 heavy (non-hydrogen) atoms. The molecule has 0 fully saturated rings. The first-order valence-electron chi connectivity index (χ1n) is 4.80. The number of benzene rings is 1. The molecular weight excluding hydrogens is 174 g/mol. The minimum atomic E-state index is 0.264. The van der Waals surface area contributed by atoms with Crippen LogP contribution in [0.2, 0.25) is 0 Å². The van der Waals surface area contributed by atoms with Crippen LogP contribution in [0.5, 0.6) is 0 Å². The van der Waals surface area contributed by atoms with Crippen molar-refractivity contribution in [1.29, 1.82) is 0 Å². The van der Waals surface area contributed by atoms with Gasteiger partial charge < -0.3 is 4.90 Å². The summed E-state index contributed by atoms with van der Waals surface area (Å²) >= 11 is 0. The van der Waals surface area contributed by atoms with Gasteiger partial charge in [-0.15, -0.1) is 0 Å². The predicted octanol–water partition coefficient (Wildman–Crippen LogP) is 1.67.